The van der Waals surface area contributed by atoms with Crippen LogP contribution in [0.5, 0.6) is 11.5 Å². The van der Waals surface area contributed by atoms with Gasteiger partial charge in [-0.05, 0) is 72.5 Å². The fourth-order valence-corrected chi connectivity index (χ4v) is 5.91. The van der Waals surface area contributed by atoms with Gasteiger partial charge in [0.1, 0.15) is 11.6 Å². The smallest absolute Gasteiger partial charge is 0.258 e. The molecule has 6 nitrogen and oxygen atoms in total. The first-order valence-corrected chi connectivity index (χ1v) is 16.1. The average molecular weight is 648 g/mol. The van der Waals surface area contributed by atoms with Crippen LogP contribution in [0.1, 0.15) is 39.9 Å². The topological polar surface area (TPSA) is 70.7 Å². The van der Waals surface area contributed by atoms with Crippen molar-refractivity contribution in [2.75, 3.05) is 18.0 Å². The Bertz CT molecular complexity index is 1860. The summed E-state index contributed by atoms with van der Waals surface area (Å²) in [6.07, 6.45) is 1.33. The fraction of sp³-hybridized carbons (Fsp3) is 0.179. The summed E-state index contributed by atoms with van der Waals surface area (Å²) >= 11 is 6.47. The third-order valence-corrected chi connectivity index (χ3v) is 8.47. The van der Waals surface area contributed by atoms with E-state index >= 15 is 0 Å². The van der Waals surface area contributed by atoms with Gasteiger partial charge < -0.3 is 20.3 Å². The third-order valence-electron chi connectivity index (χ3n) is 8.23. The molecule has 0 spiro atoms. The van der Waals surface area contributed by atoms with Crippen molar-refractivity contribution in [1.29, 1.82) is 0 Å². The monoisotopic (exact) mass is 647 g/mol. The molecule has 0 unspecified atom stereocenters. The predicted octanol–water partition coefficient (Wildman–Crippen LogP) is 8.33. The average Bonchev–Trinajstić information content (AvgIpc) is 3.10. The molecule has 8 heteroatoms. The Labute approximate surface area is 279 Å². The highest BCUT2D eigenvalue weighted by Gasteiger charge is 2.24. The van der Waals surface area contributed by atoms with Crippen LogP contribution in [-0.2, 0) is 24.3 Å². The van der Waals surface area contributed by atoms with Crippen LogP contribution >= 0.6 is 11.6 Å². The normalized spacial score (nSPS) is 12.2. The van der Waals surface area contributed by atoms with Crippen LogP contribution in [0.3, 0.4) is 0 Å². The van der Waals surface area contributed by atoms with Gasteiger partial charge in [-0.1, -0.05) is 84.4 Å². The van der Waals surface area contributed by atoms with Crippen molar-refractivity contribution in [3.05, 3.63) is 148 Å². The first-order valence-electron chi connectivity index (χ1n) is 15.7. The largest absolute Gasteiger partial charge is 0.455 e. The Hall–Kier alpha value is -4.98. The Morgan fingerprint density at radius 2 is 1.62 bits per heavy atom. The molecule has 1 aliphatic heterocycles. The fourth-order valence-electron chi connectivity index (χ4n) is 5.75. The number of hydrogen-bond acceptors (Lipinski definition) is 4. The number of nitrogens with zero attached hydrogens (tertiary/aromatic N) is 1. The quantitative estimate of drug-likeness (QED) is 0.151. The molecule has 0 saturated carbocycles. The summed E-state index contributed by atoms with van der Waals surface area (Å²) in [5.41, 5.74) is 5.81. The molecule has 0 bridgehead atoms. The zero-order valence-corrected chi connectivity index (χ0v) is 26.6. The van der Waals surface area contributed by atoms with E-state index in [-0.39, 0.29) is 37.1 Å². The molecule has 0 aromatic heterocycles. The number of halogens is 2. The minimum absolute atomic E-state index is 0.0913. The van der Waals surface area contributed by atoms with Crippen LogP contribution in [0, 0.1) is 5.82 Å². The summed E-state index contributed by atoms with van der Waals surface area (Å²) in [7, 11) is 0. The molecule has 2 amide bonds. The van der Waals surface area contributed by atoms with E-state index < -0.39 is 0 Å². The van der Waals surface area contributed by atoms with Gasteiger partial charge in [0.25, 0.3) is 5.91 Å². The van der Waals surface area contributed by atoms with Gasteiger partial charge in [-0.3, -0.25) is 9.59 Å². The van der Waals surface area contributed by atoms with Crippen molar-refractivity contribution < 1.29 is 18.7 Å². The number of amides is 2. The van der Waals surface area contributed by atoms with Gasteiger partial charge in [-0.15, -0.1) is 0 Å². The van der Waals surface area contributed by atoms with Crippen molar-refractivity contribution >= 4 is 29.1 Å². The Balaban J connectivity index is 1.26. The van der Waals surface area contributed by atoms with Crippen LogP contribution in [-0.4, -0.2) is 24.9 Å². The first kappa shape index (κ1) is 32.0. The van der Waals surface area contributed by atoms with Crippen molar-refractivity contribution in [3.8, 4) is 22.6 Å². The summed E-state index contributed by atoms with van der Waals surface area (Å²) in [5.74, 6) is 0.337. The molecule has 2 N–H and O–H groups in total. The Morgan fingerprint density at radius 1 is 0.851 bits per heavy atom. The molecule has 0 saturated heterocycles. The first-order chi connectivity index (χ1) is 23.0. The maximum atomic E-state index is 14.2. The van der Waals surface area contributed by atoms with Gasteiger partial charge in [-0.2, -0.15) is 0 Å². The number of benzene rings is 5. The van der Waals surface area contributed by atoms with Gasteiger partial charge >= 0.3 is 0 Å². The van der Waals surface area contributed by atoms with E-state index in [9.17, 15) is 14.0 Å². The van der Waals surface area contributed by atoms with E-state index in [1.165, 1.54) is 11.6 Å². The van der Waals surface area contributed by atoms with Gasteiger partial charge in [0.15, 0.2) is 5.75 Å². The lowest BCUT2D eigenvalue weighted by Gasteiger charge is -2.27. The predicted molar refractivity (Wildman–Crippen MR) is 184 cm³/mol. The molecule has 0 radical (unpaired) electrons. The van der Waals surface area contributed by atoms with E-state index in [1.807, 2.05) is 66.7 Å². The molecular formula is C39H35ClFN3O3. The molecular weight excluding hydrogens is 613 g/mol. The zero-order chi connectivity index (χ0) is 32.6. The maximum absolute atomic E-state index is 14.2. The number of fused-ring (bicyclic) bond motifs is 1. The van der Waals surface area contributed by atoms with Crippen LogP contribution < -0.4 is 20.3 Å². The van der Waals surface area contributed by atoms with E-state index in [1.54, 1.807) is 41.3 Å². The highest BCUT2D eigenvalue weighted by atomic mass is 35.5. The minimum atomic E-state index is -0.367. The number of rotatable bonds is 11. The molecule has 5 aromatic rings. The maximum Gasteiger partial charge on any atom is 0.258 e. The number of ether oxygens (including phenoxy) is 1. The zero-order valence-electron chi connectivity index (χ0n) is 25.8. The highest BCUT2D eigenvalue weighted by molar-refractivity contribution is 6.30. The van der Waals surface area contributed by atoms with E-state index in [2.05, 4.69) is 16.7 Å². The molecule has 238 valence electrons. The lowest BCUT2D eigenvalue weighted by Crippen LogP contribution is -2.33. The third kappa shape index (κ3) is 7.88. The molecule has 0 atom stereocenters. The lowest BCUT2D eigenvalue weighted by molar-refractivity contribution is -0.121. The highest BCUT2D eigenvalue weighted by Crippen LogP contribution is 2.38. The molecule has 0 fully saturated rings. The summed E-state index contributed by atoms with van der Waals surface area (Å²) < 4.78 is 20.6. The Kier molecular flexibility index (Phi) is 10.3. The summed E-state index contributed by atoms with van der Waals surface area (Å²) in [6, 6.07) is 35.0. The van der Waals surface area contributed by atoms with Crippen LogP contribution in [0.15, 0.2) is 115 Å². The van der Waals surface area contributed by atoms with Gasteiger partial charge in [-0.25, -0.2) is 4.39 Å². The van der Waals surface area contributed by atoms with Crippen LogP contribution in [0.2, 0.25) is 5.02 Å². The molecule has 1 aliphatic rings. The van der Waals surface area contributed by atoms with Gasteiger partial charge in [0.2, 0.25) is 5.91 Å². The summed E-state index contributed by atoms with van der Waals surface area (Å²) in [5, 5.41) is 6.65. The van der Waals surface area contributed by atoms with Crippen LogP contribution in [0.25, 0.3) is 11.1 Å². The van der Waals surface area contributed by atoms with Gasteiger partial charge in [0, 0.05) is 53.8 Å². The number of carbonyl (C=O) groups is 2. The number of hydrogen-bond donors (Lipinski definition) is 2. The number of anilines is 1. The van der Waals surface area contributed by atoms with Crippen LogP contribution in [0.4, 0.5) is 10.1 Å². The number of carbonyl (C=O) groups excluding carboxylic acids is 2. The van der Waals surface area contributed by atoms with Crippen molar-refractivity contribution in [1.82, 2.24) is 10.6 Å². The lowest BCUT2D eigenvalue weighted by atomic mass is 10.00. The SMILES string of the molecule is O=C(CCCN(C(=O)c1ccc(-c2ccccc2)cc1)c1ccc(Cl)cc1Oc1cccc2c1CCNC2)NCc1ccccc1F. The van der Waals surface area contributed by atoms with Gasteiger partial charge in [0.05, 0.1) is 5.69 Å². The molecule has 6 rings (SSSR count). The summed E-state index contributed by atoms with van der Waals surface area (Å²) in [4.78, 5) is 28.6. The molecule has 0 aliphatic carbocycles. The summed E-state index contributed by atoms with van der Waals surface area (Å²) in [6.45, 7) is 1.94. The second kappa shape index (κ2) is 15.1. The van der Waals surface area contributed by atoms with E-state index in [0.29, 0.717) is 34.0 Å². The molecule has 1 heterocycles. The minimum Gasteiger partial charge on any atom is -0.455 e. The Morgan fingerprint density at radius 3 is 2.43 bits per heavy atom. The second-order valence-corrected chi connectivity index (χ2v) is 11.8. The standard InChI is InChI=1S/C39H35ClFN3O3/c40-32-19-20-35(37(24-32)47-36-13-6-11-30-25-42-22-21-33(30)36)44(23-7-14-38(45)43-26-31-10-4-5-12-34(31)41)39(46)29-17-15-28(16-18-29)27-8-2-1-3-9-27/h1-6,8-13,15-20,24,42H,7,14,21-23,25-26H2,(H,43,45). The van der Waals surface area contributed by atoms with Crippen molar-refractivity contribution in [3.63, 3.8) is 0 Å². The van der Waals surface area contributed by atoms with Crippen molar-refractivity contribution in [2.45, 2.75) is 32.4 Å². The number of nitrogens with one attached hydrogen (secondary N) is 2. The molecule has 5 aromatic carbocycles. The van der Waals surface area contributed by atoms with E-state index in [4.69, 9.17) is 16.3 Å². The molecule has 47 heavy (non-hydrogen) atoms. The second-order valence-electron chi connectivity index (χ2n) is 11.4. The van der Waals surface area contributed by atoms with E-state index in [0.717, 1.165) is 42.0 Å². The van der Waals surface area contributed by atoms with Crippen molar-refractivity contribution in [2.24, 2.45) is 0 Å².